The third-order valence-electron chi connectivity index (χ3n) is 4.28. The average molecular weight is 328 g/mol. The zero-order valence-electron chi connectivity index (χ0n) is 14.2. The van der Waals surface area contributed by atoms with Crippen molar-refractivity contribution >= 4 is 5.91 Å². The quantitative estimate of drug-likeness (QED) is 0.807. The minimum atomic E-state index is -0.417. The number of benzene rings is 1. The lowest BCUT2D eigenvalue weighted by Crippen LogP contribution is -2.50. The summed E-state index contributed by atoms with van der Waals surface area (Å²) in [5.41, 5.74) is 6.99. The molecule has 6 nitrogen and oxygen atoms in total. The molecule has 0 saturated heterocycles. The van der Waals surface area contributed by atoms with E-state index in [1.165, 1.54) is 10.7 Å². The van der Waals surface area contributed by atoms with Crippen LogP contribution in [0.2, 0.25) is 0 Å². The molecule has 0 saturated carbocycles. The molecule has 1 amide bonds. The summed E-state index contributed by atoms with van der Waals surface area (Å²) in [6, 6.07) is 12.6. The Bertz CT molecular complexity index is 736. The van der Waals surface area contributed by atoms with Crippen molar-refractivity contribution in [3.8, 4) is 11.3 Å². The maximum atomic E-state index is 12.1. The second-order valence-corrected chi connectivity index (χ2v) is 5.93. The fraction of sp³-hybridized carbons (Fsp3) is 0.389. The lowest BCUT2D eigenvalue weighted by atomic mass is 9.94. The average Bonchev–Trinajstić information content (AvgIpc) is 2.62. The smallest absolute Gasteiger partial charge is 0.267 e. The van der Waals surface area contributed by atoms with Crippen molar-refractivity contribution in [2.24, 2.45) is 5.73 Å². The molecule has 0 atom stereocenters. The molecule has 0 bridgehead atoms. The van der Waals surface area contributed by atoms with Crippen LogP contribution in [0.3, 0.4) is 0 Å². The maximum Gasteiger partial charge on any atom is 0.267 e. The van der Waals surface area contributed by atoms with Crippen molar-refractivity contribution < 1.29 is 4.79 Å². The monoisotopic (exact) mass is 328 g/mol. The molecule has 0 spiro atoms. The van der Waals surface area contributed by atoms with Gasteiger partial charge in [-0.1, -0.05) is 44.2 Å². The normalized spacial score (nSPS) is 11.3. The van der Waals surface area contributed by atoms with Gasteiger partial charge in [-0.15, -0.1) is 0 Å². The number of amides is 1. The number of carbonyl (C=O) groups excluding carboxylic acids is 1. The van der Waals surface area contributed by atoms with Gasteiger partial charge in [0.05, 0.1) is 5.69 Å². The molecule has 0 fully saturated rings. The molecule has 3 N–H and O–H groups in total. The van der Waals surface area contributed by atoms with Crippen LogP contribution in [0.15, 0.2) is 47.3 Å². The maximum absolute atomic E-state index is 12.1. The van der Waals surface area contributed by atoms with E-state index in [0.29, 0.717) is 12.2 Å². The molecule has 0 aliphatic heterocycles. The highest BCUT2D eigenvalue weighted by molar-refractivity contribution is 5.75. The van der Waals surface area contributed by atoms with Crippen molar-refractivity contribution in [2.45, 2.75) is 38.8 Å². The van der Waals surface area contributed by atoms with E-state index in [2.05, 4.69) is 10.4 Å². The van der Waals surface area contributed by atoms with Crippen LogP contribution in [0.5, 0.6) is 0 Å². The number of nitrogens with one attached hydrogen (secondary N) is 1. The summed E-state index contributed by atoms with van der Waals surface area (Å²) in [7, 11) is 0. The minimum absolute atomic E-state index is 0.122. The van der Waals surface area contributed by atoms with Gasteiger partial charge in [0, 0.05) is 23.7 Å². The largest absolute Gasteiger partial charge is 0.353 e. The molecule has 0 aliphatic carbocycles. The first-order chi connectivity index (χ1) is 11.5. The van der Waals surface area contributed by atoms with Gasteiger partial charge in [0.1, 0.15) is 6.54 Å². The Hall–Kier alpha value is -2.47. The molecule has 1 aromatic heterocycles. The molecule has 6 heteroatoms. The van der Waals surface area contributed by atoms with E-state index in [4.69, 9.17) is 5.73 Å². The number of rotatable bonds is 7. The van der Waals surface area contributed by atoms with Crippen LogP contribution in [-0.2, 0) is 11.3 Å². The van der Waals surface area contributed by atoms with E-state index >= 15 is 0 Å². The highest BCUT2D eigenvalue weighted by Crippen LogP contribution is 2.14. The second kappa shape index (κ2) is 7.88. The third-order valence-corrected chi connectivity index (χ3v) is 4.28. The highest BCUT2D eigenvalue weighted by atomic mass is 16.2. The van der Waals surface area contributed by atoms with Crippen molar-refractivity contribution in [3.05, 3.63) is 52.8 Å². The highest BCUT2D eigenvalue weighted by Gasteiger charge is 2.21. The fourth-order valence-electron chi connectivity index (χ4n) is 2.29. The van der Waals surface area contributed by atoms with Crippen LogP contribution >= 0.6 is 0 Å². The summed E-state index contributed by atoms with van der Waals surface area (Å²) in [5, 5.41) is 7.08. The number of nitrogens with two attached hydrogens (primary N) is 1. The lowest BCUT2D eigenvalue weighted by molar-refractivity contribution is -0.122. The van der Waals surface area contributed by atoms with E-state index in [1.54, 1.807) is 6.07 Å². The van der Waals surface area contributed by atoms with Crippen LogP contribution < -0.4 is 16.6 Å². The van der Waals surface area contributed by atoms with Gasteiger partial charge in [-0.25, -0.2) is 4.68 Å². The number of aromatic nitrogens is 2. The van der Waals surface area contributed by atoms with Crippen LogP contribution in [0.1, 0.15) is 26.7 Å². The third kappa shape index (κ3) is 4.52. The molecule has 0 unspecified atom stereocenters. The SMILES string of the molecule is CCC(N)(CC)CNC(=O)Cn1nc(-c2ccccc2)ccc1=O. The van der Waals surface area contributed by atoms with Gasteiger partial charge in [0.2, 0.25) is 5.91 Å². The van der Waals surface area contributed by atoms with Crippen LogP contribution in [0.4, 0.5) is 0 Å². The summed E-state index contributed by atoms with van der Waals surface area (Å²) < 4.78 is 1.17. The summed E-state index contributed by atoms with van der Waals surface area (Å²) in [5.74, 6) is -0.272. The molecule has 128 valence electrons. The molecule has 1 aromatic carbocycles. The van der Waals surface area contributed by atoms with E-state index in [1.807, 2.05) is 44.2 Å². The van der Waals surface area contributed by atoms with Gasteiger partial charge in [0.25, 0.3) is 5.56 Å². The molecule has 2 rings (SSSR count). The first kappa shape index (κ1) is 17.9. The molecule has 0 aliphatic rings. The van der Waals surface area contributed by atoms with Crippen molar-refractivity contribution in [3.63, 3.8) is 0 Å². The Labute approximate surface area is 141 Å². The van der Waals surface area contributed by atoms with E-state index in [0.717, 1.165) is 18.4 Å². The van der Waals surface area contributed by atoms with Crippen molar-refractivity contribution in [1.82, 2.24) is 15.1 Å². The number of hydrogen-bond donors (Lipinski definition) is 2. The standard InChI is InChI=1S/C18H24N4O2/c1-3-18(19,4-2)13-20-16(23)12-22-17(24)11-10-15(21-22)14-8-6-5-7-9-14/h5-11H,3-4,12-13,19H2,1-2H3,(H,20,23). The van der Waals surface area contributed by atoms with Crippen LogP contribution in [0.25, 0.3) is 11.3 Å². The van der Waals surface area contributed by atoms with Crippen molar-refractivity contribution in [2.75, 3.05) is 6.54 Å². The Morgan fingerprint density at radius 2 is 1.83 bits per heavy atom. The molecule has 24 heavy (non-hydrogen) atoms. The zero-order valence-corrected chi connectivity index (χ0v) is 14.2. The Kier molecular flexibility index (Phi) is 5.87. The Morgan fingerprint density at radius 3 is 2.46 bits per heavy atom. The van der Waals surface area contributed by atoms with Crippen LogP contribution in [0, 0.1) is 0 Å². The topological polar surface area (TPSA) is 90.0 Å². The van der Waals surface area contributed by atoms with E-state index in [9.17, 15) is 9.59 Å². The molecule has 0 radical (unpaired) electrons. The van der Waals surface area contributed by atoms with Gasteiger partial charge in [-0.2, -0.15) is 5.10 Å². The first-order valence-electron chi connectivity index (χ1n) is 8.16. The van der Waals surface area contributed by atoms with Crippen LogP contribution in [-0.4, -0.2) is 27.8 Å². The van der Waals surface area contributed by atoms with Gasteiger partial charge in [-0.3, -0.25) is 9.59 Å². The summed E-state index contributed by atoms with van der Waals surface area (Å²) in [6.45, 7) is 4.24. The summed E-state index contributed by atoms with van der Waals surface area (Å²) >= 11 is 0. The molecular formula is C18H24N4O2. The summed E-state index contributed by atoms with van der Waals surface area (Å²) in [6.07, 6.45) is 1.54. The van der Waals surface area contributed by atoms with Gasteiger partial charge < -0.3 is 11.1 Å². The van der Waals surface area contributed by atoms with E-state index in [-0.39, 0.29) is 18.0 Å². The molecule has 1 heterocycles. The van der Waals surface area contributed by atoms with Gasteiger partial charge in [-0.05, 0) is 18.9 Å². The predicted octanol–water partition coefficient (Wildman–Crippen LogP) is 1.54. The van der Waals surface area contributed by atoms with Gasteiger partial charge >= 0.3 is 0 Å². The molecular weight excluding hydrogens is 304 g/mol. The number of carbonyl (C=O) groups is 1. The lowest BCUT2D eigenvalue weighted by Gasteiger charge is -2.26. The second-order valence-electron chi connectivity index (χ2n) is 5.93. The predicted molar refractivity (Wildman–Crippen MR) is 94.4 cm³/mol. The van der Waals surface area contributed by atoms with Gasteiger partial charge in [0.15, 0.2) is 0 Å². The molecule has 2 aromatic rings. The Morgan fingerprint density at radius 1 is 1.17 bits per heavy atom. The number of hydrogen-bond acceptors (Lipinski definition) is 4. The number of nitrogens with zero attached hydrogens (tertiary/aromatic N) is 2. The van der Waals surface area contributed by atoms with Crippen molar-refractivity contribution in [1.29, 1.82) is 0 Å². The Balaban J connectivity index is 2.09. The zero-order chi connectivity index (χ0) is 17.6. The first-order valence-corrected chi connectivity index (χ1v) is 8.16. The fourth-order valence-corrected chi connectivity index (χ4v) is 2.29. The summed E-state index contributed by atoms with van der Waals surface area (Å²) in [4.78, 5) is 24.1. The minimum Gasteiger partial charge on any atom is -0.353 e. The van der Waals surface area contributed by atoms with E-state index < -0.39 is 5.54 Å².